The second-order valence-corrected chi connectivity index (χ2v) is 4.41. The molecule has 0 bridgehead atoms. The molecule has 0 unspecified atom stereocenters. The van der Waals surface area contributed by atoms with Crippen LogP contribution in [0, 0.1) is 0 Å². The summed E-state index contributed by atoms with van der Waals surface area (Å²) in [5.74, 6) is 0.428. The fourth-order valence-electron chi connectivity index (χ4n) is 1.39. The van der Waals surface area contributed by atoms with E-state index >= 15 is 0 Å². The Kier molecular flexibility index (Phi) is 9.23. The van der Waals surface area contributed by atoms with Crippen molar-refractivity contribution in [3.8, 4) is 0 Å². The molecule has 0 heterocycles. The zero-order valence-corrected chi connectivity index (χ0v) is 11.9. The smallest absolute Gasteiger partial charge is 0.159 e. The molecule has 0 aliphatic carbocycles. The van der Waals surface area contributed by atoms with Crippen LogP contribution in [0.1, 0.15) is 56.8 Å². The number of hydrogen-bond donors (Lipinski definition) is 0. The zero-order chi connectivity index (χ0) is 14.7. The van der Waals surface area contributed by atoms with E-state index in [9.17, 15) is 14.4 Å². The van der Waals surface area contributed by atoms with Crippen LogP contribution in [-0.4, -0.2) is 17.3 Å². The average molecular weight is 262 g/mol. The second-order valence-electron chi connectivity index (χ2n) is 4.41. The summed E-state index contributed by atoms with van der Waals surface area (Å²) >= 11 is 0. The van der Waals surface area contributed by atoms with E-state index in [-0.39, 0.29) is 17.3 Å². The average Bonchev–Trinajstić information content (AvgIpc) is 2.38. The van der Waals surface area contributed by atoms with Crippen molar-refractivity contribution in [1.29, 1.82) is 0 Å². The zero-order valence-electron chi connectivity index (χ0n) is 11.9. The molecule has 19 heavy (non-hydrogen) atoms. The number of ketones is 3. The number of benzene rings is 1. The Morgan fingerprint density at radius 3 is 1.84 bits per heavy atom. The van der Waals surface area contributed by atoms with Gasteiger partial charge in [-0.15, -0.1) is 0 Å². The predicted octanol–water partition coefficient (Wildman–Crippen LogP) is 3.61. The molecular weight excluding hydrogens is 240 g/mol. The molecule has 3 nitrogen and oxygen atoms in total. The molecule has 0 atom stereocenters. The molecule has 0 saturated heterocycles. The highest BCUT2D eigenvalue weighted by molar-refractivity contribution is 5.93. The fourth-order valence-corrected chi connectivity index (χ4v) is 1.39. The molecule has 0 saturated carbocycles. The summed E-state index contributed by atoms with van der Waals surface area (Å²) in [6.45, 7) is 5.04. The first-order valence-electron chi connectivity index (χ1n) is 6.54. The van der Waals surface area contributed by atoms with Crippen LogP contribution in [0.15, 0.2) is 30.3 Å². The van der Waals surface area contributed by atoms with E-state index in [4.69, 9.17) is 0 Å². The Bertz CT molecular complexity index is 407. The minimum atomic E-state index is 0.101. The maximum Gasteiger partial charge on any atom is 0.159 e. The standard InChI is InChI=1S/C8H14O2.C8H8O/c1-3-4-8(10)6-5-7(2)9;1-7(9)8-5-3-2-4-6-8/h3-6H2,1-2H3;2-6H,1H3. The van der Waals surface area contributed by atoms with Gasteiger partial charge in [-0.2, -0.15) is 0 Å². The van der Waals surface area contributed by atoms with Crippen molar-refractivity contribution >= 4 is 17.3 Å². The topological polar surface area (TPSA) is 51.2 Å². The fraction of sp³-hybridized carbons (Fsp3) is 0.438. The molecule has 1 aromatic rings. The molecule has 1 aromatic carbocycles. The first-order chi connectivity index (χ1) is 8.97. The van der Waals surface area contributed by atoms with Gasteiger partial charge in [-0.25, -0.2) is 0 Å². The summed E-state index contributed by atoms with van der Waals surface area (Å²) in [5, 5.41) is 0. The van der Waals surface area contributed by atoms with E-state index in [0.717, 1.165) is 12.0 Å². The van der Waals surface area contributed by atoms with Gasteiger partial charge in [-0.3, -0.25) is 9.59 Å². The van der Waals surface area contributed by atoms with E-state index in [0.29, 0.717) is 19.3 Å². The van der Waals surface area contributed by atoms with Gasteiger partial charge < -0.3 is 4.79 Å². The van der Waals surface area contributed by atoms with Crippen molar-refractivity contribution in [1.82, 2.24) is 0 Å². The first kappa shape index (κ1) is 17.2. The highest BCUT2D eigenvalue weighted by Crippen LogP contribution is 1.98. The SMILES string of the molecule is CC(=O)c1ccccc1.CCCC(=O)CCC(C)=O. The number of rotatable bonds is 6. The minimum Gasteiger partial charge on any atom is -0.300 e. The third-order valence-corrected chi connectivity index (χ3v) is 2.47. The lowest BCUT2D eigenvalue weighted by molar-refractivity contribution is -0.123. The molecule has 104 valence electrons. The molecule has 0 N–H and O–H groups in total. The highest BCUT2D eigenvalue weighted by atomic mass is 16.1. The summed E-state index contributed by atoms with van der Waals surface area (Å²) in [6, 6.07) is 9.23. The number of Topliss-reactive ketones (excluding diaryl/α,β-unsaturated/α-hetero) is 3. The summed E-state index contributed by atoms with van der Waals surface area (Å²) in [4.78, 5) is 31.8. The van der Waals surface area contributed by atoms with Crippen LogP contribution in [0.3, 0.4) is 0 Å². The predicted molar refractivity (Wildman–Crippen MR) is 76.3 cm³/mol. The summed E-state index contributed by atoms with van der Waals surface area (Å²) < 4.78 is 0. The lowest BCUT2D eigenvalue weighted by atomic mass is 10.1. The van der Waals surface area contributed by atoms with Gasteiger partial charge in [0.05, 0.1) is 0 Å². The van der Waals surface area contributed by atoms with Gasteiger partial charge in [0.15, 0.2) is 5.78 Å². The van der Waals surface area contributed by atoms with E-state index < -0.39 is 0 Å². The highest BCUT2D eigenvalue weighted by Gasteiger charge is 2.01. The van der Waals surface area contributed by atoms with Gasteiger partial charge in [0.25, 0.3) is 0 Å². The van der Waals surface area contributed by atoms with Crippen LogP contribution in [0.5, 0.6) is 0 Å². The normalized spacial score (nSPS) is 9.21. The summed E-state index contributed by atoms with van der Waals surface area (Å²) in [7, 11) is 0. The van der Waals surface area contributed by atoms with Gasteiger partial charge in [0.1, 0.15) is 11.6 Å². The third kappa shape index (κ3) is 9.89. The van der Waals surface area contributed by atoms with Crippen LogP contribution >= 0.6 is 0 Å². The lowest BCUT2D eigenvalue weighted by Gasteiger charge is -1.93. The van der Waals surface area contributed by atoms with E-state index in [1.807, 2.05) is 37.3 Å². The quantitative estimate of drug-likeness (QED) is 0.736. The Hall–Kier alpha value is -1.77. The lowest BCUT2D eigenvalue weighted by Crippen LogP contribution is -2.00. The Labute approximate surface area is 115 Å². The molecular formula is C16H22O3. The molecule has 3 heteroatoms. The summed E-state index contributed by atoms with van der Waals surface area (Å²) in [5.41, 5.74) is 0.775. The van der Waals surface area contributed by atoms with Gasteiger partial charge >= 0.3 is 0 Å². The molecule has 0 amide bonds. The van der Waals surface area contributed by atoms with Gasteiger partial charge in [-0.1, -0.05) is 37.3 Å². The Morgan fingerprint density at radius 2 is 1.47 bits per heavy atom. The number of carbonyl (C=O) groups is 3. The summed E-state index contributed by atoms with van der Waals surface area (Å²) in [6.07, 6.45) is 2.35. The molecule has 0 spiro atoms. The van der Waals surface area contributed by atoms with Crippen LogP contribution < -0.4 is 0 Å². The van der Waals surface area contributed by atoms with E-state index in [1.54, 1.807) is 6.92 Å². The van der Waals surface area contributed by atoms with Crippen LogP contribution in [0.25, 0.3) is 0 Å². The van der Waals surface area contributed by atoms with Crippen molar-refractivity contribution in [2.45, 2.75) is 46.5 Å². The van der Waals surface area contributed by atoms with Crippen molar-refractivity contribution in [3.63, 3.8) is 0 Å². The first-order valence-corrected chi connectivity index (χ1v) is 6.54. The van der Waals surface area contributed by atoms with E-state index in [2.05, 4.69) is 0 Å². The second kappa shape index (κ2) is 10.2. The molecule has 0 aliphatic rings. The molecule has 1 rings (SSSR count). The van der Waals surface area contributed by atoms with Crippen molar-refractivity contribution < 1.29 is 14.4 Å². The maximum atomic E-state index is 10.8. The number of hydrogen-bond acceptors (Lipinski definition) is 3. The largest absolute Gasteiger partial charge is 0.300 e. The maximum absolute atomic E-state index is 10.8. The van der Waals surface area contributed by atoms with Gasteiger partial charge in [-0.05, 0) is 20.3 Å². The van der Waals surface area contributed by atoms with Crippen LogP contribution in [0.4, 0.5) is 0 Å². The van der Waals surface area contributed by atoms with Crippen molar-refractivity contribution in [2.75, 3.05) is 0 Å². The molecule has 0 fully saturated rings. The Morgan fingerprint density at radius 1 is 0.895 bits per heavy atom. The number of carbonyl (C=O) groups excluding carboxylic acids is 3. The Balaban J connectivity index is 0.000000342. The minimum absolute atomic E-state index is 0.101. The van der Waals surface area contributed by atoms with Crippen molar-refractivity contribution in [3.05, 3.63) is 35.9 Å². The van der Waals surface area contributed by atoms with Crippen LogP contribution in [0.2, 0.25) is 0 Å². The third-order valence-electron chi connectivity index (χ3n) is 2.47. The van der Waals surface area contributed by atoms with Gasteiger partial charge in [0, 0.05) is 24.8 Å². The molecule has 0 aliphatic heterocycles. The van der Waals surface area contributed by atoms with Crippen LogP contribution in [-0.2, 0) is 9.59 Å². The van der Waals surface area contributed by atoms with E-state index in [1.165, 1.54) is 6.92 Å². The van der Waals surface area contributed by atoms with Gasteiger partial charge in [0.2, 0.25) is 0 Å². The molecule has 0 radical (unpaired) electrons. The van der Waals surface area contributed by atoms with Crippen molar-refractivity contribution in [2.24, 2.45) is 0 Å². The monoisotopic (exact) mass is 262 g/mol. The molecule has 0 aromatic heterocycles.